The van der Waals surface area contributed by atoms with Crippen LogP contribution in [-0.4, -0.2) is 96.7 Å². The van der Waals surface area contributed by atoms with E-state index in [1.54, 1.807) is 49.2 Å². The van der Waals surface area contributed by atoms with Crippen molar-refractivity contribution in [1.82, 2.24) is 39.6 Å². The first kappa shape index (κ1) is 42.5. The van der Waals surface area contributed by atoms with E-state index < -0.39 is 18.4 Å². The SMILES string of the molecule is CC(=O)N1CCc2c(c(N3CCCc4cc(-c5cnn(C)c5)c(C(F)F)cc43)nn2C2CCN(CCc3ccc(COc4cccc5c4CN(C4CCC(=O)NC4=O)C5=O)cc3)CC2)C1. The topological polar surface area (TPSA) is 138 Å². The second-order valence-electron chi connectivity index (χ2n) is 18.0. The first-order chi connectivity index (χ1) is 31.5. The van der Waals surface area contributed by atoms with Gasteiger partial charge in [-0.25, -0.2) is 8.78 Å². The summed E-state index contributed by atoms with van der Waals surface area (Å²) in [6.45, 7) is 6.68. The van der Waals surface area contributed by atoms with E-state index in [1.807, 2.05) is 17.0 Å². The van der Waals surface area contributed by atoms with Crippen molar-refractivity contribution >= 4 is 35.1 Å². The van der Waals surface area contributed by atoms with E-state index in [1.165, 1.54) is 10.5 Å². The summed E-state index contributed by atoms with van der Waals surface area (Å²) in [5, 5.41) is 11.9. The van der Waals surface area contributed by atoms with Crippen LogP contribution in [0.3, 0.4) is 0 Å². The van der Waals surface area contributed by atoms with Crippen LogP contribution in [0, 0.1) is 0 Å². The number of benzene rings is 3. The zero-order valence-electron chi connectivity index (χ0n) is 36.8. The number of piperidine rings is 2. The number of halogens is 2. The number of fused-ring (bicyclic) bond motifs is 3. The Balaban J connectivity index is 0.781. The molecule has 3 aromatic carbocycles. The van der Waals surface area contributed by atoms with Gasteiger partial charge in [-0.1, -0.05) is 30.3 Å². The maximum Gasteiger partial charge on any atom is 0.264 e. The number of aryl methyl sites for hydroxylation is 2. The summed E-state index contributed by atoms with van der Waals surface area (Å²) in [4.78, 5) is 58.1. The van der Waals surface area contributed by atoms with Crippen LogP contribution in [-0.2, 0) is 60.4 Å². The van der Waals surface area contributed by atoms with Crippen molar-refractivity contribution in [2.45, 2.75) is 96.5 Å². The first-order valence-corrected chi connectivity index (χ1v) is 22.8. The van der Waals surface area contributed by atoms with Crippen molar-refractivity contribution < 1.29 is 32.7 Å². The molecular weight excluding hydrogens is 833 g/mol. The van der Waals surface area contributed by atoms with Crippen molar-refractivity contribution in [1.29, 1.82) is 0 Å². The summed E-state index contributed by atoms with van der Waals surface area (Å²) >= 11 is 0. The second kappa shape index (κ2) is 17.5. The lowest BCUT2D eigenvalue weighted by Crippen LogP contribution is -2.52. The molecule has 0 radical (unpaired) electrons. The molecule has 0 bridgehead atoms. The average molecular weight is 886 g/mol. The maximum absolute atomic E-state index is 14.7. The Kier molecular flexibility index (Phi) is 11.5. The predicted octanol–water partition coefficient (Wildman–Crippen LogP) is 6.43. The van der Waals surface area contributed by atoms with Crippen LogP contribution in [0.15, 0.2) is 67.0 Å². The highest BCUT2D eigenvalue weighted by Crippen LogP contribution is 2.44. The molecule has 1 N–H and O–H groups in total. The molecule has 1 unspecified atom stereocenters. The van der Waals surface area contributed by atoms with Gasteiger partial charge in [0.1, 0.15) is 18.4 Å². The molecular formula is C49H53F2N9O5. The third kappa shape index (κ3) is 8.28. The highest BCUT2D eigenvalue weighted by Gasteiger charge is 2.40. The summed E-state index contributed by atoms with van der Waals surface area (Å²) < 4.78 is 39.5. The Hall–Kier alpha value is -6.42. The fourth-order valence-electron chi connectivity index (χ4n) is 10.4. The quantitative estimate of drug-likeness (QED) is 0.149. The van der Waals surface area contributed by atoms with Crippen molar-refractivity contribution in [2.75, 3.05) is 37.6 Å². The van der Waals surface area contributed by atoms with Crippen LogP contribution in [0.5, 0.6) is 5.75 Å². The smallest absolute Gasteiger partial charge is 0.264 e. The number of ether oxygens (including phenoxy) is 1. The van der Waals surface area contributed by atoms with Gasteiger partial charge in [-0.15, -0.1) is 0 Å². The number of hydrogen-bond donors (Lipinski definition) is 1. The van der Waals surface area contributed by atoms with Gasteiger partial charge in [0.05, 0.1) is 25.3 Å². The minimum absolute atomic E-state index is 0.0150. The molecule has 338 valence electrons. The molecule has 14 nitrogen and oxygen atoms in total. The molecule has 1 atom stereocenters. The molecule has 0 aliphatic carbocycles. The summed E-state index contributed by atoms with van der Waals surface area (Å²) in [7, 11) is 1.78. The van der Waals surface area contributed by atoms with Crippen LogP contribution in [0.4, 0.5) is 20.3 Å². The summed E-state index contributed by atoms with van der Waals surface area (Å²) in [5.74, 6) is 0.424. The number of rotatable bonds is 11. The van der Waals surface area contributed by atoms with Crippen molar-refractivity contribution in [3.05, 3.63) is 112 Å². The van der Waals surface area contributed by atoms with E-state index in [0.717, 1.165) is 91.2 Å². The summed E-state index contributed by atoms with van der Waals surface area (Å²) in [6, 6.07) is 16.9. The van der Waals surface area contributed by atoms with Gasteiger partial charge in [-0.2, -0.15) is 10.2 Å². The minimum atomic E-state index is -2.66. The van der Waals surface area contributed by atoms with Gasteiger partial charge in [-0.05, 0) is 85.0 Å². The largest absolute Gasteiger partial charge is 0.489 e. The number of hydrogen-bond acceptors (Lipinski definition) is 9. The van der Waals surface area contributed by atoms with E-state index in [0.29, 0.717) is 61.5 Å². The monoisotopic (exact) mass is 885 g/mol. The molecule has 0 saturated carbocycles. The minimum Gasteiger partial charge on any atom is -0.489 e. The van der Waals surface area contributed by atoms with E-state index in [2.05, 4.69) is 49.2 Å². The number of carbonyl (C=O) groups is 4. The van der Waals surface area contributed by atoms with Crippen molar-refractivity contribution in [2.24, 2.45) is 7.05 Å². The van der Waals surface area contributed by atoms with Gasteiger partial charge >= 0.3 is 0 Å². The number of carbonyl (C=O) groups excluding carboxylic acids is 4. The Bertz CT molecular complexity index is 2670. The molecule has 5 aliphatic rings. The summed E-state index contributed by atoms with van der Waals surface area (Å²) in [5.41, 5.74) is 8.60. The third-order valence-electron chi connectivity index (χ3n) is 14.0. The Morgan fingerprint density at radius 2 is 1.71 bits per heavy atom. The molecule has 4 amide bonds. The fraction of sp³-hybridized carbons (Fsp3) is 0.429. The molecule has 5 aromatic rings. The molecule has 0 spiro atoms. The van der Waals surface area contributed by atoms with Crippen LogP contribution >= 0.6 is 0 Å². The van der Waals surface area contributed by atoms with Gasteiger partial charge < -0.3 is 24.3 Å². The van der Waals surface area contributed by atoms with E-state index in [4.69, 9.17) is 9.84 Å². The highest BCUT2D eigenvalue weighted by atomic mass is 19.3. The lowest BCUT2D eigenvalue weighted by Gasteiger charge is -2.34. The Labute approximate surface area is 376 Å². The van der Waals surface area contributed by atoms with Crippen LogP contribution in [0.2, 0.25) is 0 Å². The number of likely N-dealkylation sites (tertiary alicyclic amines) is 1. The molecule has 2 fully saturated rings. The summed E-state index contributed by atoms with van der Waals surface area (Å²) in [6.07, 6.45) is 6.35. The Morgan fingerprint density at radius 3 is 2.45 bits per heavy atom. The molecule has 16 heteroatoms. The number of anilines is 2. The fourth-order valence-corrected chi connectivity index (χ4v) is 10.4. The second-order valence-corrected chi connectivity index (χ2v) is 18.0. The Morgan fingerprint density at radius 1 is 0.908 bits per heavy atom. The number of nitrogens with one attached hydrogen (secondary N) is 1. The van der Waals surface area contributed by atoms with Gasteiger partial charge in [0.2, 0.25) is 17.7 Å². The molecule has 2 saturated heterocycles. The normalized spacial score (nSPS) is 19.1. The van der Waals surface area contributed by atoms with Gasteiger partial charge in [-0.3, -0.25) is 33.9 Å². The first-order valence-electron chi connectivity index (χ1n) is 22.8. The van der Waals surface area contributed by atoms with Gasteiger partial charge in [0, 0.05) is 105 Å². The third-order valence-corrected chi connectivity index (χ3v) is 14.0. The molecule has 65 heavy (non-hydrogen) atoms. The molecule has 2 aromatic heterocycles. The number of aromatic nitrogens is 4. The van der Waals surface area contributed by atoms with E-state index in [9.17, 15) is 28.0 Å². The van der Waals surface area contributed by atoms with Gasteiger partial charge in [0.15, 0.2) is 5.82 Å². The lowest BCUT2D eigenvalue weighted by molar-refractivity contribution is -0.137. The van der Waals surface area contributed by atoms with E-state index >= 15 is 0 Å². The number of amides is 4. The van der Waals surface area contributed by atoms with Crippen LogP contribution in [0.1, 0.15) is 101 Å². The average Bonchev–Trinajstić information content (AvgIpc) is 4.02. The predicted molar refractivity (Wildman–Crippen MR) is 238 cm³/mol. The van der Waals surface area contributed by atoms with Gasteiger partial charge in [0.25, 0.3) is 12.3 Å². The zero-order chi connectivity index (χ0) is 44.9. The van der Waals surface area contributed by atoms with Crippen LogP contribution in [0.25, 0.3) is 11.1 Å². The molecule has 5 aliphatic heterocycles. The lowest BCUT2D eigenvalue weighted by atomic mass is 9.92. The standard InChI is InChI=1S/C49H53F2N9O5/c1-30(61)57-22-17-41-40(27-57)47(58-18-4-5-33-23-37(34-25-52-55(2)26-34)38(46(50)51)24-43(33)58)54-60(41)35-15-20-56(21-16-35)19-14-31-8-10-32(11-9-31)29-65-44-7-3-6-36-39(44)28-59(49(36)64)42-12-13-45(62)53-48(42)63/h3,6-11,23-26,35,42,46H,4-5,12-22,27-29H2,1-2H3,(H,53,62,63). The van der Waals surface area contributed by atoms with E-state index in [-0.39, 0.29) is 42.3 Å². The number of nitrogens with zero attached hydrogens (tertiary/aromatic N) is 8. The van der Waals surface area contributed by atoms with Crippen LogP contribution < -0.4 is 15.0 Å². The molecule has 10 rings (SSSR count). The molecule has 7 heterocycles. The highest BCUT2D eigenvalue weighted by molar-refractivity contribution is 6.05. The zero-order valence-corrected chi connectivity index (χ0v) is 36.8. The maximum atomic E-state index is 14.7. The number of imide groups is 1. The van der Waals surface area contributed by atoms with Crippen molar-refractivity contribution in [3.63, 3.8) is 0 Å². The number of alkyl halides is 2. The van der Waals surface area contributed by atoms with Crippen molar-refractivity contribution in [3.8, 4) is 16.9 Å².